The summed E-state index contributed by atoms with van der Waals surface area (Å²) in [5, 5.41) is 5.60. The lowest BCUT2D eigenvalue weighted by molar-refractivity contribution is -0.0471. The Morgan fingerprint density at radius 2 is 1.89 bits per heavy atom. The van der Waals surface area contributed by atoms with Crippen LogP contribution in [0.15, 0.2) is 41.6 Å². The highest BCUT2D eigenvalue weighted by atomic mass is 35.5. The van der Waals surface area contributed by atoms with Crippen molar-refractivity contribution in [2.24, 2.45) is 5.10 Å². The minimum atomic E-state index is -5.47. The fourth-order valence-corrected chi connectivity index (χ4v) is 4.93. The van der Waals surface area contributed by atoms with Gasteiger partial charge in [-0.2, -0.15) is 26.7 Å². The maximum atomic E-state index is 13.1. The minimum absolute atomic E-state index is 0.0505. The number of carbonyl (C=O) groups is 1. The Balaban J connectivity index is 1.44. The summed E-state index contributed by atoms with van der Waals surface area (Å²) in [5.41, 5.74) is -2.25. The lowest BCUT2D eigenvalue weighted by Crippen LogP contribution is -2.46. The Bertz CT molecular complexity index is 1460. The smallest absolute Gasteiger partial charge is 0.495 e. The molecule has 3 aromatic rings. The van der Waals surface area contributed by atoms with Crippen molar-refractivity contribution in [2.45, 2.75) is 31.7 Å². The van der Waals surface area contributed by atoms with Crippen LogP contribution in [0.25, 0.3) is 5.65 Å². The molecule has 0 saturated heterocycles. The van der Waals surface area contributed by atoms with Gasteiger partial charge in [-0.3, -0.25) is 14.2 Å². The number of anilines is 1. The molecule has 4 rings (SSSR count). The highest BCUT2D eigenvalue weighted by molar-refractivity contribution is 7.90. The fourth-order valence-electron chi connectivity index (χ4n) is 3.94. The highest BCUT2D eigenvalue weighted by Gasteiger charge is 2.50. The number of benzene rings is 1. The first-order chi connectivity index (χ1) is 17.5. The van der Waals surface area contributed by atoms with Crippen molar-refractivity contribution in [1.82, 2.24) is 13.7 Å². The number of aromatic nitrogens is 2. The third kappa shape index (κ3) is 5.23. The molecule has 0 N–H and O–H groups in total. The number of Topliss-reactive ketones (excluding diaryl/α,β-unsaturated/α-hetero) is 1. The molecule has 14 heteroatoms. The van der Waals surface area contributed by atoms with Gasteiger partial charge < -0.3 is 4.74 Å². The second-order valence-corrected chi connectivity index (χ2v) is 10.5. The predicted molar refractivity (Wildman–Crippen MR) is 133 cm³/mol. The molecule has 37 heavy (non-hydrogen) atoms. The number of nitrogens with zero attached hydrogens (tertiary/aromatic N) is 5. The quantitative estimate of drug-likeness (QED) is 0.383. The zero-order valence-corrected chi connectivity index (χ0v) is 21.4. The third-order valence-corrected chi connectivity index (χ3v) is 7.66. The first-order valence-electron chi connectivity index (χ1n) is 11.2. The van der Waals surface area contributed by atoms with E-state index in [0.29, 0.717) is 52.7 Å². The van der Waals surface area contributed by atoms with Gasteiger partial charge in [-0.1, -0.05) is 30.7 Å². The van der Waals surface area contributed by atoms with Crippen LogP contribution in [-0.2, 0) is 22.9 Å². The SMILES string of the molecule is CCc1nc2cc(OC)c(Cl)cn2c1C(=O)CCc1ccc(N2CCN(S(=O)(=O)C(F)(F)F)C=N2)cc1. The van der Waals surface area contributed by atoms with Gasteiger partial charge in [0.25, 0.3) is 0 Å². The van der Waals surface area contributed by atoms with Crippen LogP contribution in [0.3, 0.4) is 0 Å². The molecule has 0 unspecified atom stereocenters. The van der Waals surface area contributed by atoms with Crippen molar-refractivity contribution < 1.29 is 31.1 Å². The number of alkyl halides is 3. The summed E-state index contributed by atoms with van der Waals surface area (Å²) in [4.78, 5) is 17.7. The number of fused-ring (bicyclic) bond motifs is 1. The molecule has 2 aromatic heterocycles. The molecule has 1 aliphatic rings. The van der Waals surface area contributed by atoms with Crippen LogP contribution in [0, 0.1) is 0 Å². The summed E-state index contributed by atoms with van der Waals surface area (Å²) in [7, 11) is -3.96. The Kier molecular flexibility index (Phi) is 7.38. The van der Waals surface area contributed by atoms with Crippen molar-refractivity contribution >= 4 is 45.1 Å². The van der Waals surface area contributed by atoms with Crippen LogP contribution in [0.1, 0.15) is 35.1 Å². The molecule has 198 valence electrons. The molecule has 1 aliphatic heterocycles. The number of carbonyl (C=O) groups excluding carboxylic acids is 1. The number of ether oxygens (including phenoxy) is 1. The van der Waals surface area contributed by atoms with Gasteiger partial charge in [0, 0.05) is 18.7 Å². The van der Waals surface area contributed by atoms with E-state index in [1.54, 1.807) is 40.9 Å². The van der Waals surface area contributed by atoms with Gasteiger partial charge in [0.2, 0.25) is 0 Å². The Hall–Kier alpha value is -3.32. The van der Waals surface area contributed by atoms with E-state index in [1.165, 1.54) is 12.1 Å². The van der Waals surface area contributed by atoms with E-state index in [9.17, 15) is 26.4 Å². The number of aryl methyl sites for hydroxylation is 2. The van der Waals surface area contributed by atoms with Crippen molar-refractivity contribution in [2.75, 3.05) is 25.2 Å². The first kappa shape index (κ1) is 26.7. The number of hydrazone groups is 1. The second-order valence-electron chi connectivity index (χ2n) is 8.18. The molecule has 0 amide bonds. The lowest BCUT2D eigenvalue weighted by atomic mass is 10.0. The highest BCUT2D eigenvalue weighted by Crippen LogP contribution is 2.29. The zero-order chi connectivity index (χ0) is 27.0. The van der Waals surface area contributed by atoms with Gasteiger partial charge in [-0.15, -0.1) is 0 Å². The fraction of sp³-hybridized carbons (Fsp3) is 0.348. The zero-order valence-electron chi connectivity index (χ0n) is 19.9. The topological polar surface area (TPSA) is 96.6 Å². The molecule has 9 nitrogen and oxygen atoms in total. The molecule has 0 spiro atoms. The number of methoxy groups -OCH3 is 1. The molecule has 3 heterocycles. The van der Waals surface area contributed by atoms with Crippen molar-refractivity contribution in [1.29, 1.82) is 0 Å². The predicted octanol–water partition coefficient (Wildman–Crippen LogP) is 4.29. The summed E-state index contributed by atoms with van der Waals surface area (Å²) in [6.07, 6.45) is 3.50. The maximum absolute atomic E-state index is 13.1. The molecule has 0 bridgehead atoms. The van der Waals surface area contributed by atoms with Gasteiger partial charge in [-0.25, -0.2) is 9.29 Å². The van der Waals surface area contributed by atoms with Crippen molar-refractivity contribution in [3.63, 3.8) is 0 Å². The minimum Gasteiger partial charge on any atom is -0.495 e. The van der Waals surface area contributed by atoms with Crippen LogP contribution in [0.2, 0.25) is 5.02 Å². The van der Waals surface area contributed by atoms with Gasteiger partial charge in [0.1, 0.15) is 23.4 Å². The van der Waals surface area contributed by atoms with Crippen LogP contribution in [0.4, 0.5) is 18.9 Å². The van der Waals surface area contributed by atoms with E-state index >= 15 is 0 Å². The third-order valence-electron chi connectivity index (χ3n) is 5.90. The van der Waals surface area contributed by atoms with Crippen molar-refractivity contribution in [3.8, 4) is 5.75 Å². The van der Waals surface area contributed by atoms with Gasteiger partial charge in [0.15, 0.2) is 5.78 Å². The Morgan fingerprint density at radius 1 is 1.19 bits per heavy atom. The Labute approximate surface area is 216 Å². The van der Waals surface area contributed by atoms with E-state index in [-0.39, 0.29) is 23.1 Å². The summed E-state index contributed by atoms with van der Waals surface area (Å²) in [6, 6.07) is 8.67. The van der Waals surface area contributed by atoms with Gasteiger partial charge in [-0.05, 0) is 30.5 Å². The molecule has 0 aliphatic carbocycles. The largest absolute Gasteiger partial charge is 0.516 e. The van der Waals surface area contributed by atoms with Crippen LogP contribution >= 0.6 is 11.6 Å². The monoisotopic (exact) mass is 557 g/mol. The number of sulfonamides is 1. The standard InChI is InChI=1S/C23H23ClF3N5O4S/c1-3-18-22(31-13-17(24)20(36-2)12-21(31)29-18)19(33)9-6-15-4-7-16(8-5-15)32-11-10-30(14-28-32)37(34,35)23(25,26)27/h4-5,7-8,12-14H,3,6,9-11H2,1-2H3. The average Bonchev–Trinajstić information content (AvgIpc) is 3.23. The number of imidazole rings is 1. The molecule has 0 radical (unpaired) electrons. The molecular weight excluding hydrogens is 535 g/mol. The van der Waals surface area contributed by atoms with Gasteiger partial charge in [0.05, 0.1) is 36.6 Å². The maximum Gasteiger partial charge on any atom is 0.516 e. The summed E-state index contributed by atoms with van der Waals surface area (Å²) in [5.74, 6) is 0.370. The summed E-state index contributed by atoms with van der Waals surface area (Å²) >= 11 is 6.25. The van der Waals surface area contributed by atoms with Gasteiger partial charge >= 0.3 is 15.5 Å². The van der Waals surface area contributed by atoms with Crippen LogP contribution < -0.4 is 9.75 Å². The molecule has 0 fully saturated rings. The Morgan fingerprint density at radius 3 is 2.46 bits per heavy atom. The molecular formula is C23H23ClF3N5O4S. The van der Waals surface area contributed by atoms with Crippen LogP contribution in [-0.4, -0.2) is 59.9 Å². The van der Waals surface area contributed by atoms with E-state index in [4.69, 9.17) is 16.3 Å². The number of rotatable bonds is 8. The number of hydrogen-bond donors (Lipinski definition) is 0. The lowest BCUT2D eigenvalue weighted by Gasteiger charge is -2.29. The van der Waals surface area contributed by atoms with Crippen LogP contribution in [0.5, 0.6) is 5.75 Å². The molecule has 0 atom stereocenters. The van der Waals surface area contributed by atoms with E-state index in [0.717, 1.165) is 5.56 Å². The van der Waals surface area contributed by atoms with E-state index in [1.807, 2.05) is 6.92 Å². The van der Waals surface area contributed by atoms with E-state index < -0.39 is 22.1 Å². The second kappa shape index (κ2) is 10.2. The average molecular weight is 558 g/mol. The first-order valence-corrected chi connectivity index (χ1v) is 13.0. The normalized spacial score (nSPS) is 14.4. The number of halogens is 4. The molecule has 1 aromatic carbocycles. The van der Waals surface area contributed by atoms with E-state index in [2.05, 4.69) is 10.1 Å². The molecule has 0 saturated carbocycles. The number of ketones is 1. The van der Waals surface area contributed by atoms with Crippen molar-refractivity contribution in [3.05, 3.63) is 58.5 Å². The number of pyridine rings is 1. The number of hydrogen-bond acceptors (Lipinski definition) is 7. The summed E-state index contributed by atoms with van der Waals surface area (Å²) < 4.78 is 68.3. The summed E-state index contributed by atoms with van der Waals surface area (Å²) in [6.45, 7) is 1.47.